The standard InChI is InChI=1S/C6H16N2O2/c7-2-1-6(5-9)10-4-3-8/h6,9H,1-5,7-8H2. The fourth-order valence-corrected chi connectivity index (χ4v) is 0.648. The van der Waals surface area contributed by atoms with Crippen LogP contribution in [0.1, 0.15) is 6.42 Å². The molecule has 0 aliphatic heterocycles. The van der Waals surface area contributed by atoms with Gasteiger partial charge in [-0.15, -0.1) is 0 Å². The van der Waals surface area contributed by atoms with Crippen LogP contribution in [0.4, 0.5) is 0 Å². The lowest BCUT2D eigenvalue weighted by Crippen LogP contribution is -2.24. The van der Waals surface area contributed by atoms with Crippen LogP contribution in [0.3, 0.4) is 0 Å². The van der Waals surface area contributed by atoms with Gasteiger partial charge in [-0.05, 0) is 13.0 Å². The molecule has 0 saturated heterocycles. The van der Waals surface area contributed by atoms with E-state index in [1.54, 1.807) is 0 Å². The third kappa shape index (κ3) is 4.69. The largest absolute Gasteiger partial charge is 0.394 e. The average Bonchev–Trinajstić information content (AvgIpc) is 1.98. The number of aliphatic hydroxyl groups is 1. The molecule has 1 unspecified atom stereocenters. The maximum atomic E-state index is 8.66. The molecular formula is C6H16N2O2. The predicted molar refractivity (Wildman–Crippen MR) is 39.6 cm³/mol. The van der Waals surface area contributed by atoms with Gasteiger partial charge in [-0.3, -0.25) is 0 Å². The van der Waals surface area contributed by atoms with E-state index in [2.05, 4.69) is 0 Å². The van der Waals surface area contributed by atoms with Crippen molar-refractivity contribution in [1.29, 1.82) is 0 Å². The van der Waals surface area contributed by atoms with Crippen LogP contribution in [0.5, 0.6) is 0 Å². The molecule has 4 heteroatoms. The third-order valence-corrected chi connectivity index (χ3v) is 1.16. The summed E-state index contributed by atoms with van der Waals surface area (Å²) in [5, 5.41) is 8.66. The molecule has 10 heavy (non-hydrogen) atoms. The number of rotatable bonds is 6. The molecule has 0 amide bonds. The summed E-state index contributed by atoms with van der Waals surface area (Å²) >= 11 is 0. The van der Waals surface area contributed by atoms with Crippen LogP contribution in [0, 0.1) is 0 Å². The molecule has 0 spiro atoms. The van der Waals surface area contributed by atoms with E-state index in [0.717, 1.165) is 0 Å². The maximum absolute atomic E-state index is 8.66. The first kappa shape index (κ1) is 9.84. The highest BCUT2D eigenvalue weighted by Gasteiger charge is 2.04. The van der Waals surface area contributed by atoms with Gasteiger partial charge in [-0.1, -0.05) is 0 Å². The summed E-state index contributed by atoms with van der Waals surface area (Å²) in [6.45, 7) is 1.54. The van der Waals surface area contributed by atoms with Gasteiger partial charge in [0.25, 0.3) is 0 Å². The lowest BCUT2D eigenvalue weighted by atomic mass is 10.3. The van der Waals surface area contributed by atoms with E-state index in [-0.39, 0.29) is 12.7 Å². The van der Waals surface area contributed by atoms with Crippen molar-refractivity contribution in [3.05, 3.63) is 0 Å². The highest BCUT2D eigenvalue weighted by molar-refractivity contribution is 4.55. The molecule has 4 nitrogen and oxygen atoms in total. The van der Waals surface area contributed by atoms with Crippen molar-refractivity contribution in [2.75, 3.05) is 26.3 Å². The fourth-order valence-electron chi connectivity index (χ4n) is 0.648. The lowest BCUT2D eigenvalue weighted by Gasteiger charge is -2.12. The van der Waals surface area contributed by atoms with E-state index in [9.17, 15) is 0 Å². The summed E-state index contributed by atoms with van der Waals surface area (Å²) in [7, 11) is 0. The number of hydrogen-bond acceptors (Lipinski definition) is 4. The molecule has 0 aromatic heterocycles. The number of ether oxygens (including phenoxy) is 1. The van der Waals surface area contributed by atoms with E-state index in [4.69, 9.17) is 21.3 Å². The van der Waals surface area contributed by atoms with E-state index in [0.29, 0.717) is 26.1 Å². The predicted octanol–water partition coefficient (Wildman–Crippen LogP) is -1.33. The molecule has 0 heterocycles. The first-order valence-corrected chi connectivity index (χ1v) is 3.47. The van der Waals surface area contributed by atoms with Crippen molar-refractivity contribution in [3.63, 3.8) is 0 Å². The molecule has 0 bridgehead atoms. The Morgan fingerprint density at radius 3 is 2.40 bits per heavy atom. The molecule has 0 saturated carbocycles. The highest BCUT2D eigenvalue weighted by atomic mass is 16.5. The van der Waals surface area contributed by atoms with Crippen LogP contribution in [0.15, 0.2) is 0 Å². The van der Waals surface area contributed by atoms with E-state index >= 15 is 0 Å². The summed E-state index contributed by atoms with van der Waals surface area (Å²) < 4.78 is 5.13. The molecule has 0 aliphatic carbocycles. The zero-order valence-electron chi connectivity index (χ0n) is 6.12. The minimum atomic E-state index is -0.131. The molecule has 0 aliphatic rings. The minimum Gasteiger partial charge on any atom is -0.394 e. The van der Waals surface area contributed by atoms with Crippen molar-refractivity contribution in [2.45, 2.75) is 12.5 Å². The second kappa shape index (κ2) is 6.95. The highest BCUT2D eigenvalue weighted by Crippen LogP contribution is 1.94. The Hall–Kier alpha value is -0.160. The van der Waals surface area contributed by atoms with Gasteiger partial charge in [0, 0.05) is 6.54 Å². The molecule has 0 aromatic rings. The Balaban J connectivity index is 3.21. The van der Waals surface area contributed by atoms with Gasteiger partial charge in [-0.2, -0.15) is 0 Å². The molecule has 62 valence electrons. The van der Waals surface area contributed by atoms with Crippen molar-refractivity contribution in [2.24, 2.45) is 11.5 Å². The number of aliphatic hydroxyl groups excluding tert-OH is 1. The van der Waals surface area contributed by atoms with Gasteiger partial charge in [0.2, 0.25) is 0 Å². The Labute approximate surface area is 61.2 Å². The smallest absolute Gasteiger partial charge is 0.0818 e. The summed E-state index contributed by atoms with van der Waals surface area (Å²) in [6.07, 6.45) is 0.560. The Morgan fingerprint density at radius 1 is 1.30 bits per heavy atom. The topological polar surface area (TPSA) is 81.5 Å². The first-order valence-electron chi connectivity index (χ1n) is 3.47. The van der Waals surface area contributed by atoms with Crippen LogP contribution < -0.4 is 11.5 Å². The van der Waals surface area contributed by atoms with E-state index in [1.807, 2.05) is 0 Å². The van der Waals surface area contributed by atoms with Crippen LogP contribution in [-0.2, 0) is 4.74 Å². The lowest BCUT2D eigenvalue weighted by molar-refractivity contribution is 0.0138. The summed E-state index contributed by atoms with van der Waals surface area (Å²) in [4.78, 5) is 0. The van der Waals surface area contributed by atoms with Gasteiger partial charge in [0.15, 0.2) is 0 Å². The van der Waals surface area contributed by atoms with Crippen LogP contribution in [0.25, 0.3) is 0 Å². The molecule has 0 rings (SSSR count). The normalized spacial score (nSPS) is 13.5. The van der Waals surface area contributed by atoms with Crippen molar-refractivity contribution >= 4 is 0 Å². The summed E-state index contributed by atoms with van der Waals surface area (Å²) in [5.74, 6) is 0. The number of nitrogens with two attached hydrogens (primary N) is 2. The molecular weight excluding hydrogens is 132 g/mol. The van der Waals surface area contributed by atoms with Gasteiger partial charge in [-0.25, -0.2) is 0 Å². The zero-order valence-corrected chi connectivity index (χ0v) is 6.12. The molecule has 0 fully saturated rings. The fraction of sp³-hybridized carbons (Fsp3) is 1.00. The van der Waals surface area contributed by atoms with E-state index < -0.39 is 0 Å². The van der Waals surface area contributed by atoms with Crippen LogP contribution in [0.2, 0.25) is 0 Å². The molecule has 0 aromatic carbocycles. The van der Waals surface area contributed by atoms with Crippen molar-refractivity contribution < 1.29 is 9.84 Å². The van der Waals surface area contributed by atoms with Crippen LogP contribution >= 0.6 is 0 Å². The average molecular weight is 148 g/mol. The Morgan fingerprint density at radius 2 is 2.00 bits per heavy atom. The SMILES string of the molecule is NCCOC(CO)CCN. The Kier molecular flexibility index (Phi) is 6.84. The minimum absolute atomic E-state index is 0.0250. The number of hydrogen-bond donors (Lipinski definition) is 3. The molecule has 5 N–H and O–H groups in total. The van der Waals surface area contributed by atoms with Gasteiger partial charge in [0.05, 0.1) is 19.3 Å². The third-order valence-electron chi connectivity index (χ3n) is 1.16. The first-order chi connectivity index (χ1) is 4.85. The maximum Gasteiger partial charge on any atom is 0.0818 e. The van der Waals surface area contributed by atoms with Gasteiger partial charge < -0.3 is 21.3 Å². The summed E-state index contributed by atoms with van der Waals surface area (Å²) in [6, 6.07) is 0. The van der Waals surface area contributed by atoms with E-state index in [1.165, 1.54) is 0 Å². The zero-order chi connectivity index (χ0) is 7.82. The molecule has 1 atom stereocenters. The Bertz CT molecular complexity index is 70.8. The summed E-state index contributed by atoms with van der Waals surface area (Å²) in [5.41, 5.74) is 10.4. The second-order valence-corrected chi connectivity index (χ2v) is 2.04. The van der Waals surface area contributed by atoms with Gasteiger partial charge in [0.1, 0.15) is 0 Å². The van der Waals surface area contributed by atoms with Gasteiger partial charge >= 0.3 is 0 Å². The monoisotopic (exact) mass is 148 g/mol. The van der Waals surface area contributed by atoms with Crippen molar-refractivity contribution in [1.82, 2.24) is 0 Å². The van der Waals surface area contributed by atoms with Crippen molar-refractivity contribution in [3.8, 4) is 0 Å². The molecule has 0 radical (unpaired) electrons. The van der Waals surface area contributed by atoms with Crippen LogP contribution in [-0.4, -0.2) is 37.5 Å². The second-order valence-electron chi connectivity index (χ2n) is 2.04. The quantitative estimate of drug-likeness (QED) is 0.436.